The first-order valence-corrected chi connectivity index (χ1v) is 8.62. The maximum atomic E-state index is 9.54. The molecule has 4 heteroatoms. The van der Waals surface area contributed by atoms with E-state index in [1.165, 1.54) is 0 Å². The summed E-state index contributed by atoms with van der Waals surface area (Å²) in [7, 11) is 0. The highest BCUT2D eigenvalue weighted by molar-refractivity contribution is 7.99. The van der Waals surface area contributed by atoms with Gasteiger partial charge in [-0.2, -0.15) is 5.26 Å². The van der Waals surface area contributed by atoms with Crippen LogP contribution in [0.25, 0.3) is 0 Å². The molecule has 2 rings (SSSR count). The second-order valence-corrected chi connectivity index (χ2v) is 6.81. The quantitative estimate of drug-likeness (QED) is 0.786. The van der Waals surface area contributed by atoms with E-state index in [-0.39, 0.29) is 5.54 Å². The lowest BCUT2D eigenvalue weighted by molar-refractivity contribution is 0.317. The fraction of sp³-hybridized carbons (Fsp3) is 0.562. The summed E-state index contributed by atoms with van der Waals surface area (Å²) < 4.78 is 0. The van der Waals surface area contributed by atoms with Crippen LogP contribution in [0.15, 0.2) is 29.2 Å². The van der Waals surface area contributed by atoms with E-state index in [9.17, 15) is 5.26 Å². The van der Waals surface area contributed by atoms with E-state index >= 15 is 0 Å². The molecule has 108 valence electrons. The van der Waals surface area contributed by atoms with Crippen molar-refractivity contribution in [3.8, 4) is 6.07 Å². The average molecular weight is 309 g/mol. The number of rotatable bonds is 6. The van der Waals surface area contributed by atoms with E-state index < -0.39 is 0 Å². The number of hydrogen-bond acceptors (Lipinski definition) is 3. The van der Waals surface area contributed by atoms with Crippen LogP contribution in [0.3, 0.4) is 0 Å². The van der Waals surface area contributed by atoms with E-state index in [0.717, 1.165) is 47.9 Å². The van der Waals surface area contributed by atoms with Crippen LogP contribution < -0.4 is 5.32 Å². The van der Waals surface area contributed by atoms with E-state index in [4.69, 9.17) is 11.6 Å². The second kappa shape index (κ2) is 7.36. The summed E-state index contributed by atoms with van der Waals surface area (Å²) in [6.45, 7) is 2.94. The van der Waals surface area contributed by atoms with Gasteiger partial charge in [0.05, 0.1) is 11.1 Å². The molecule has 1 fully saturated rings. The summed E-state index contributed by atoms with van der Waals surface area (Å²) in [5.41, 5.74) is -0.296. The Morgan fingerprint density at radius 2 is 2.30 bits per heavy atom. The first-order valence-electron chi connectivity index (χ1n) is 7.25. The van der Waals surface area contributed by atoms with Crippen molar-refractivity contribution in [1.29, 1.82) is 5.26 Å². The number of halogens is 1. The van der Waals surface area contributed by atoms with Crippen LogP contribution in [0, 0.1) is 17.2 Å². The largest absolute Gasteiger partial charge is 0.299 e. The molecular weight excluding hydrogens is 288 g/mol. The van der Waals surface area contributed by atoms with Crippen LogP contribution in [0.4, 0.5) is 0 Å². The third kappa shape index (κ3) is 3.49. The molecule has 1 aromatic rings. The molecular formula is C16H21ClN2S. The minimum Gasteiger partial charge on any atom is -0.299 e. The maximum absolute atomic E-state index is 9.54. The summed E-state index contributed by atoms with van der Waals surface area (Å²) in [4.78, 5) is 1.14. The highest BCUT2D eigenvalue weighted by Crippen LogP contribution is 2.39. The fourth-order valence-corrected chi connectivity index (χ4v) is 4.38. The fourth-order valence-electron chi connectivity index (χ4n) is 3.08. The third-order valence-electron chi connectivity index (χ3n) is 4.07. The van der Waals surface area contributed by atoms with Crippen molar-refractivity contribution in [2.45, 2.75) is 43.0 Å². The Morgan fingerprint density at radius 3 is 3.00 bits per heavy atom. The monoisotopic (exact) mass is 308 g/mol. The highest BCUT2D eigenvalue weighted by Gasteiger charge is 2.41. The molecule has 0 aromatic heterocycles. The van der Waals surface area contributed by atoms with Gasteiger partial charge in [0, 0.05) is 4.90 Å². The Bertz CT molecular complexity index is 486. The van der Waals surface area contributed by atoms with Crippen molar-refractivity contribution in [3.05, 3.63) is 29.3 Å². The number of nitrogens with zero attached hydrogens (tertiary/aromatic N) is 1. The Kier molecular flexibility index (Phi) is 5.77. The summed E-state index contributed by atoms with van der Waals surface area (Å²) >= 11 is 7.96. The summed E-state index contributed by atoms with van der Waals surface area (Å²) in [6.07, 6.45) is 4.36. The molecule has 2 nitrogen and oxygen atoms in total. The minimum absolute atomic E-state index is 0.296. The lowest BCUT2D eigenvalue weighted by Crippen LogP contribution is -2.47. The average Bonchev–Trinajstić information content (AvgIpc) is 2.85. The molecule has 0 spiro atoms. The van der Waals surface area contributed by atoms with Crippen molar-refractivity contribution < 1.29 is 0 Å². The molecule has 20 heavy (non-hydrogen) atoms. The predicted molar refractivity (Wildman–Crippen MR) is 86.2 cm³/mol. The van der Waals surface area contributed by atoms with Crippen molar-refractivity contribution in [3.63, 3.8) is 0 Å². The van der Waals surface area contributed by atoms with E-state index in [1.54, 1.807) is 11.8 Å². The van der Waals surface area contributed by atoms with Gasteiger partial charge in [0.1, 0.15) is 5.54 Å². The standard InChI is InChI=1S/C16H21ClN2S/c1-2-19-16(12-18)10-5-6-13(16)9-11-20-15-8-4-3-7-14(15)17/h3-4,7-8,13,19H,2,5-6,9-11H2,1H3. The number of nitrogens with one attached hydrogen (secondary N) is 1. The van der Waals surface area contributed by atoms with Gasteiger partial charge in [0.2, 0.25) is 0 Å². The predicted octanol–water partition coefficient (Wildman–Crippen LogP) is 4.49. The van der Waals surface area contributed by atoms with Crippen LogP contribution in [0.2, 0.25) is 5.02 Å². The molecule has 1 aromatic carbocycles. The van der Waals surface area contributed by atoms with Gasteiger partial charge in [-0.05, 0) is 49.6 Å². The first-order chi connectivity index (χ1) is 9.72. The van der Waals surface area contributed by atoms with Gasteiger partial charge in [-0.25, -0.2) is 0 Å². The molecule has 1 N–H and O–H groups in total. The van der Waals surface area contributed by atoms with E-state index in [2.05, 4.69) is 24.4 Å². The smallest absolute Gasteiger partial charge is 0.109 e. The van der Waals surface area contributed by atoms with Crippen molar-refractivity contribution in [1.82, 2.24) is 5.32 Å². The number of hydrogen-bond donors (Lipinski definition) is 1. The van der Waals surface area contributed by atoms with Crippen LogP contribution >= 0.6 is 23.4 Å². The van der Waals surface area contributed by atoms with Gasteiger partial charge in [0.15, 0.2) is 0 Å². The molecule has 0 radical (unpaired) electrons. The number of thioether (sulfide) groups is 1. The Hall–Kier alpha value is -0.690. The van der Waals surface area contributed by atoms with Gasteiger partial charge in [-0.15, -0.1) is 11.8 Å². The third-order valence-corrected chi connectivity index (χ3v) is 5.62. The normalized spacial score (nSPS) is 25.6. The van der Waals surface area contributed by atoms with Crippen molar-refractivity contribution in [2.75, 3.05) is 12.3 Å². The Balaban J connectivity index is 1.90. The Morgan fingerprint density at radius 1 is 1.50 bits per heavy atom. The summed E-state index contributed by atoms with van der Waals surface area (Å²) in [6, 6.07) is 10.5. The number of benzene rings is 1. The van der Waals surface area contributed by atoms with Crippen molar-refractivity contribution >= 4 is 23.4 Å². The van der Waals surface area contributed by atoms with E-state index in [0.29, 0.717) is 5.92 Å². The van der Waals surface area contributed by atoms with Gasteiger partial charge in [-0.1, -0.05) is 37.1 Å². The van der Waals surface area contributed by atoms with Gasteiger partial charge in [-0.3, -0.25) is 5.32 Å². The Labute approximate surface area is 130 Å². The SMILES string of the molecule is CCNC1(C#N)CCCC1CCSc1ccccc1Cl. The molecule has 1 aliphatic carbocycles. The second-order valence-electron chi connectivity index (χ2n) is 5.27. The lowest BCUT2D eigenvalue weighted by atomic mass is 9.86. The maximum Gasteiger partial charge on any atom is 0.109 e. The molecule has 2 atom stereocenters. The van der Waals surface area contributed by atoms with Gasteiger partial charge >= 0.3 is 0 Å². The topological polar surface area (TPSA) is 35.8 Å². The molecule has 1 aliphatic rings. The zero-order chi connectivity index (χ0) is 14.4. The van der Waals surface area contributed by atoms with Gasteiger partial charge < -0.3 is 0 Å². The van der Waals surface area contributed by atoms with Crippen LogP contribution in [0.1, 0.15) is 32.6 Å². The lowest BCUT2D eigenvalue weighted by Gasteiger charge is -2.29. The zero-order valence-electron chi connectivity index (χ0n) is 11.9. The first kappa shape index (κ1) is 15.7. The molecule has 0 saturated heterocycles. The summed E-state index contributed by atoms with van der Waals surface area (Å²) in [5.74, 6) is 1.48. The molecule has 0 amide bonds. The van der Waals surface area contributed by atoms with Crippen LogP contribution in [-0.2, 0) is 0 Å². The number of nitriles is 1. The minimum atomic E-state index is -0.296. The zero-order valence-corrected chi connectivity index (χ0v) is 13.4. The highest BCUT2D eigenvalue weighted by atomic mass is 35.5. The molecule has 0 heterocycles. The molecule has 1 saturated carbocycles. The molecule has 2 unspecified atom stereocenters. The van der Waals surface area contributed by atoms with Crippen molar-refractivity contribution in [2.24, 2.45) is 5.92 Å². The van der Waals surface area contributed by atoms with Crippen LogP contribution in [0.5, 0.6) is 0 Å². The van der Waals surface area contributed by atoms with E-state index in [1.807, 2.05) is 18.2 Å². The summed E-state index contributed by atoms with van der Waals surface area (Å²) in [5, 5.41) is 13.8. The van der Waals surface area contributed by atoms with Gasteiger partial charge in [0.25, 0.3) is 0 Å². The molecule has 0 aliphatic heterocycles. The van der Waals surface area contributed by atoms with Crippen LogP contribution in [-0.4, -0.2) is 17.8 Å². The molecule has 0 bridgehead atoms.